The molecular weight excluding hydrogens is 368 g/mol. The first kappa shape index (κ1) is 20.4. The lowest BCUT2D eigenvalue weighted by Gasteiger charge is -2.62. The summed E-state index contributed by atoms with van der Waals surface area (Å²) in [6.07, 6.45) is 2.91. The average molecular weight is 401 g/mol. The van der Waals surface area contributed by atoms with E-state index in [2.05, 4.69) is 20.8 Å². The van der Waals surface area contributed by atoms with Gasteiger partial charge in [0.2, 0.25) is 0 Å². The van der Waals surface area contributed by atoms with E-state index in [9.17, 15) is 15.0 Å². The fraction of sp³-hybridized carbons (Fsp3) is 0.625. The van der Waals surface area contributed by atoms with Crippen molar-refractivity contribution in [2.45, 2.75) is 65.1 Å². The van der Waals surface area contributed by atoms with Crippen molar-refractivity contribution < 1.29 is 19.4 Å². The highest BCUT2D eigenvalue weighted by atomic mass is 16.5. The van der Waals surface area contributed by atoms with E-state index in [0.29, 0.717) is 30.3 Å². The van der Waals surface area contributed by atoms with Crippen molar-refractivity contribution in [3.05, 3.63) is 40.8 Å². The molecule has 5 atom stereocenters. The van der Waals surface area contributed by atoms with E-state index in [-0.39, 0.29) is 28.5 Å². The van der Waals surface area contributed by atoms with Crippen LogP contribution < -0.4 is 10.4 Å². The van der Waals surface area contributed by atoms with Crippen molar-refractivity contribution in [3.63, 3.8) is 0 Å². The summed E-state index contributed by atoms with van der Waals surface area (Å²) < 4.78 is 11.4. The lowest BCUT2D eigenvalue weighted by Crippen LogP contribution is -2.61. The maximum Gasteiger partial charge on any atom is 0.336 e. The molecule has 2 aliphatic rings. The topological polar surface area (TPSA) is 79.9 Å². The molecular formula is C24H32O5. The Morgan fingerprint density at radius 2 is 1.83 bits per heavy atom. The zero-order valence-electron chi connectivity index (χ0n) is 17.8. The Hall–Kier alpha value is -1.85. The quantitative estimate of drug-likeness (QED) is 0.757. The van der Waals surface area contributed by atoms with Crippen molar-refractivity contribution in [1.82, 2.24) is 0 Å². The summed E-state index contributed by atoms with van der Waals surface area (Å²) in [5, 5.41) is 22.7. The van der Waals surface area contributed by atoms with Crippen LogP contribution in [0.1, 0.15) is 53.4 Å². The summed E-state index contributed by atoms with van der Waals surface area (Å²) in [5.41, 5.74) is -1.02. The van der Waals surface area contributed by atoms with Gasteiger partial charge in [-0.15, -0.1) is 0 Å². The van der Waals surface area contributed by atoms with E-state index in [4.69, 9.17) is 9.15 Å². The van der Waals surface area contributed by atoms with Crippen LogP contribution in [0.2, 0.25) is 0 Å². The molecule has 0 amide bonds. The van der Waals surface area contributed by atoms with Gasteiger partial charge in [0.05, 0.1) is 18.3 Å². The molecule has 5 nitrogen and oxygen atoms in total. The maximum atomic E-state index is 11.5. The van der Waals surface area contributed by atoms with Crippen LogP contribution in [0.4, 0.5) is 0 Å². The number of fused-ring (bicyclic) bond motifs is 2. The van der Waals surface area contributed by atoms with Crippen LogP contribution in [-0.2, 0) is 0 Å². The fourth-order valence-corrected chi connectivity index (χ4v) is 6.20. The summed E-state index contributed by atoms with van der Waals surface area (Å²) in [4.78, 5) is 11.5. The first-order chi connectivity index (χ1) is 13.5. The molecule has 0 bridgehead atoms. The van der Waals surface area contributed by atoms with Crippen LogP contribution in [0.3, 0.4) is 0 Å². The highest BCUT2D eigenvalue weighted by Gasteiger charge is 2.60. The number of benzene rings is 1. The predicted octanol–water partition coefficient (Wildman–Crippen LogP) is 4.14. The number of aliphatic hydroxyl groups is 2. The molecule has 0 aliphatic heterocycles. The highest BCUT2D eigenvalue weighted by Crippen LogP contribution is 2.61. The molecule has 2 saturated carbocycles. The van der Waals surface area contributed by atoms with Crippen LogP contribution in [0, 0.1) is 22.7 Å². The largest absolute Gasteiger partial charge is 0.493 e. The molecule has 2 N–H and O–H groups in total. The van der Waals surface area contributed by atoms with E-state index >= 15 is 0 Å². The van der Waals surface area contributed by atoms with Gasteiger partial charge in [0, 0.05) is 23.4 Å². The van der Waals surface area contributed by atoms with E-state index in [1.54, 1.807) is 12.1 Å². The third-order valence-corrected chi connectivity index (χ3v) is 8.01. The summed E-state index contributed by atoms with van der Waals surface area (Å²) in [6.45, 7) is 8.87. The molecule has 0 saturated heterocycles. The van der Waals surface area contributed by atoms with Crippen LogP contribution in [0.15, 0.2) is 39.5 Å². The van der Waals surface area contributed by atoms with E-state index in [1.165, 1.54) is 6.07 Å². The maximum absolute atomic E-state index is 11.5. The van der Waals surface area contributed by atoms with Crippen LogP contribution >= 0.6 is 0 Å². The molecule has 1 aromatic heterocycles. The van der Waals surface area contributed by atoms with Gasteiger partial charge in [-0.3, -0.25) is 0 Å². The first-order valence-corrected chi connectivity index (χ1v) is 10.6. The van der Waals surface area contributed by atoms with Crippen LogP contribution in [-0.4, -0.2) is 28.5 Å². The van der Waals surface area contributed by atoms with Gasteiger partial charge in [-0.2, -0.15) is 0 Å². The van der Waals surface area contributed by atoms with Gasteiger partial charge in [0.15, 0.2) is 0 Å². The number of aliphatic hydroxyl groups excluding tert-OH is 1. The monoisotopic (exact) mass is 400 g/mol. The van der Waals surface area contributed by atoms with Gasteiger partial charge in [-0.25, -0.2) is 4.79 Å². The molecule has 0 unspecified atom stereocenters. The summed E-state index contributed by atoms with van der Waals surface area (Å²) in [7, 11) is 0. The van der Waals surface area contributed by atoms with Crippen molar-refractivity contribution in [3.8, 4) is 5.75 Å². The highest BCUT2D eigenvalue weighted by molar-refractivity contribution is 5.77. The normalized spacial score (nSPS) is 36.6. The molecule has 5 heteroatoms. The minimum atomic E-state index is -0.826. The molecule has 1 aromatic carbocycles. The van der Waals surface area contributed by atoms with E-state index in [0.717, 1.165) is 24.6 Å². The predicted molar refractivity (Wildman–Crippen MR) is 112 cm³/mol. The Labute approximate surface area is 171 Å². The fourth-order valence-electron chi connectivity index (χ4n) is 6.20. The van der Waals surface area contributed by atoms with Crippen molar-refractivity contribution >= 4 is 11.0 Å². The van der Waals surface area contributed by atoms with Gasteiger partial charge in [0.1, 0.15) is 11.3 Å². The summed E-state index contributed by atoms with van der Waals surface area (Å²) in [6, 6.07) is 8.62. The molecule has 2 aliphatic carbocycles. The number of hydrogen-bond donors (Lipinski definition) is 2. The lowest BCUT2D eigenvalue weighted by atomic mass is 9.45. The number of ether oxygens (including phenoxy) is 1. The van der Waals surface area contributed by atoms with Gasteiger partial charge in [0.25, 0.3) is 0 Å². The van der Waals surface area contributed by atoms with E-state index in [1.807, 2.05) is 19.1 Å². The number of hydrogen-bond acceptors (Lipinski definition) is 5. The summed E-state index contributed by atoms with van der Waals surface area (Å²) >= 11 is 0. The first-order valence-electron chi connectivity index (χ1n) is 10.6. The zero-order chi connectivity index (χ0) is 21.0. The van der Waals surface area contributed by atoms with Crippen LogP contribution in [0.25, 0.3) is 11.0 Å². The Balaban J connectivity index is 1.61. The van der Waals surface area contributed by atoms with Crippen molar-refractivity contribution in [2.24, 2.45) is 22.7 Å². The Morgan fingerprint density at radius 1 is 1.10 bits per heavy atom. The van der Waals surface area contributed by atoms with Gasteiger partial charge in [-0.05, 0) is 67.6 Å². The third kappa shape index (κ3) is 3.38. The van der Waals surface area contributed by atoms with E-state index < -0.39 is 5.60 Å². The van der Waals surface area contributed by atoms with Gasteiger partial charge >= 0.3 is 5.63 Å². The third-order valence-electron chi connectivity index (χ3n) is 8.01. The standard InChI is InChI=1S/C24H32O5/c1-22(2)18-9-12-24(4,27)19(23(18,3)11-10-20(22)25)14-28-16-7-5-15-6-8-21(26)29-17(15)13-16/h5-8,13,18-20,25,27H,9-12,14H2,1-4H3/t18-,19-,20-,23-,24-/m1/s1. The SMILES string of the molecule is CC1(C)[C@H](O)CC[C@]2(C)[C@@H]1CC[C@@](C)(O)[C@@H]2COc1ccc2ccc(=O)oc2c1. The smallest absolute Gasteiger partial charge is 0.336 e. The number of rotatable bonds is 3. The minimum Gasteiger partial charge on any atom is -0.493 e. The van der Waals surface area contributed by atoms with Crippen molar-refractivity contribution in [2.75, 3.05) is 6.61 Å². The van der Waals surface area contributed by atoms with Gasteiger partial charge < -0.3 is 19.4 Å². The molecule has 0 radical (unpaired) electrons. The van der Waals surface area contributed by atoms with Crippen LogP contribution in [0.5, 0.6) is 5.75 Å². The molecule has 29 heavy (non-hydrogen) atoms. The second-order valence-corrected chi connectivity index (χ2v) is 10.1. The minimum absolute atomic E-state index is 0.0565. The molecule has 2 aromatic rings. The van der Waals surface area contributed by atoms with Gasteiger partial charge in [-0.1, -0.05) is 20.8 Å². The Morgan fingerprint density at radius 3 is 2.59 bits per heavy atom. The summed E-state index contributed by atoms with van der Waals surface area (Å²) in [5.74, 6) is 0.893. The second-order valence-electron chi connectivity index (χ2n) is 10.1. The van der Waals surface area contributed by atoms with Crippen molar-refractivity contribution in [1.29, 1.82) is 0 Å². The molecule has 2 fully saturated rings. The average Bonchev–Trinajstić information content (AvgIpc) is 2.64. The second kappa shape index (κ2) is 6.85. The molecule has 158 valence electrons. The molecule has 1 heterocycles. The Bertz CT molecular complexity index is 959. The molecule has 4 rings (SSSR count). The Kier molecular flexibility index (Phi) is 4.82. The molecule has 0 spiro atoms. The zero-order valence-corrected chi connectivity index (χ0v) is 17.8. The lowest BCUT2D eigenvalue weighted by molar-refractivity contribution is -0.201.